The molecule has 1 aliphatic rings. The molecule has 0 spiro atoms. The van der Waals surface area contributed by atoms with Gasteiger partial charge in [0.15, 0.2) is 0 Å². The molecule has 0 amide bonds. The molecule has 5 nitrogen and oxygen atoms in total. The predicted molar refractivity (Wildman–Crippen MR) is 91.1 cm³/mol. The fourth-order valence-corrected chi connectivity index (χ4v) is 2.99. The summed E-state index contributed by atoms with van der Waals surface area (Å²) < 4.78 is 5.24. The van der Waals surface area contributed by atoms with E-state index in [9.17, 15) is 0 Å². The van der Waals surface area contributed by atoms with Gasteiger partial charge >= 0.3 is 0 Å². The van der Waals surface area contributed by atoms with Gasteiger partial charge in [0.05, 0.1) is 6.61 Å². The number of nitrogens with zero attached hydrogens (tertiary/aromatic N) is 3. The summed E-state index contributed by atoms with van der Waals surface area (Å²) in [6, 6.07) is 10.3. The predicted octanol–water partition coefficient (Wildman–Crippen LogP) is 2.56. The Bertz CT molecular complexity index is 588. The lowest BCUT2D eigenvalue weighted by atomic mass is 10.1. The smallest absolute Gasteiger partial charge is 0.222 e. The van der Waals surface area contributed by atoms with Crippen LogP contribution < -0.4 is 5.32 Å². The maximum atomic E-state index is 5.24. The molecule has 1 aromatic carbocycles. The van der Waals surface area contributed by atoms with Gasteiger partial charge in [-0.3, -0.25) is 4.90 Å². The number of anilines is 1. The molecule has 3 rings (SSSR count). The van der Waals surface area contributed by atoms with Gasteiger partial charge in [0.1, 0.15) is 0 Å². The lowest BCUT2D eigenvalue weighted by molar-refractivity contribution is 0.152. The van der Waals surface area contributed by atoms with E-state index in [0.29, 0.717) is 11.9 Å². The highest BCUT2D eigenvalue weighted by Crippen LogP contribution is 2.18. The number of likely N-dealkylation sites (tertiary alicyclic amines) is 1. The molecule has 0 bridgehead atoms. The molecule has 0 radical (unpaired) electrons. The molecule has 122 valence electrons. The van der Waals surface area contributed by atoms with Crippen molar-refractivity contribution < 1.29 is 4.74 Å². The SMILES string of the molecule is COCC1CCN(Cc2cnc(NCc3ccccc3)nc2)C1. The van der Waals surface area contributed by atoms with Crippen LogP contribution in [0, 0.1) is 5.92 Å². The Balaban J connectivity index is 1.47. The van der Waals surface area contributed by atoms with Gasteiger partial charge in [-0.25, -0.2) is 9.97 Å². The molecule has 5 heteroatoms. The van der Waals surface area contributed by atoms with E-state index >= 15 is 0 Å². The van der Waals surface area contributed by atoms with Crippen LogP contribution in [0.15, 0.2) is 42.7 Å². The Kier molecular flexibility index (Phi) is 5.56. The van der Waals surface area contributed by atoms with E-state index in [-0.39, 0.29) is 0 Å². The Labute approximate surface area is 137 Å². The third-order valence-corrected chi connectivity index (χ3v) is 4.18. The van der Waals surface area contributed by atoms with Crippen molar-refractivity contribution in [2.75, 3.05) is 32.1 Å². The molecule has 1 aliphatic heterocycles. The number of aromatic nitrogens is 2. The van der Waals surface area contributed by atoms with Gasteiger partial charge < -0.3 is 10.1 Å². The molecule has 1 N–H and O–H groups in total. The van der Waals surface area contributed by atoms with Crippen molar-refractivity contribution >= 4 is 5.95 Å². The minimum absolute atomic E-state index is 0.660. The molecule has 2 aromatic rings. The maximum Gasteiger partial charge on any atom is 0.222 e. The second-order valence-corrected chi connectivity index (χ2v) is 6.10. The Morgan fingerprint density at radius 1 is 1.17 bits per heavy atom. The van der Waals surface area contributed by atoms with Gasteiger partial charge in [-0.1, -0.05) is 30.3 Å². The summed E-state index contributed by atoms with van der Waals surface area (Å²) in [5, 5.41) is 3.25. The summed E-state index contributed by atoms with van der Waals surface area (Å²) in [6.45, 7) is 4.74. The van der Waals surface area contributed by atoms with Crippen molar-refractivity contribution in [2.45, 2.75) is 19.5 Å². The molecule has 1 saturated heterocycles. The number of methoxy groups -OCH3 is 1. The monoisotopic (exact) mass is 312 g/mol. The van der Waals surface area contributed by atoms with E-state index < -0.39 is 0 Å². The van der Waals surface area contributed by atoms with E-state index in [4.69, 9.17) is 4.74 Å². The van der Waals surface area contributed by atoms with Crippen molar-refractivity contribution in [1.29, 1.82) is 0 Å². The summed E-state index contributed by atoms with van der Waals surface area (Å²) in [6.07, 6.45) is 5.05. The highest BCUT2D eigenvalue weighted by molar-refractivity contribution is 5.27. The van der Waals surface area contributed by atoms with Gasteiger partial charge in [0, 0.05) is 44.7 Å². The van der Waals surface area contributed by atoms with Gasteiger partial charge in [-0.15, -0.1) is 0 Å². The average molecular weight is 312 g/mol. The first-order valence-corrected chi connectivity index (χ1v) is 8.13. The van der Waals surface area contributed by atoms with Crippen LogP contribution in [0.1, 0.15) is 17.5 Å². The van der Waals surface area contributed by atoms with Crippen molar-refractivity contribution in [2.24, 2.45) is 5.92 Å². The molecule has 23 heavy (non-hydrogen) atoms. The standard InChI is InChI=1S/C18H24N4O/c1-23-14-16-7-8-22(12-16)13-17-10-20-18(21-11-17)19-9-15-5-3-2-4-6-15/h2-6,10-11,16H,7-9,12-14H2,1H3,(H,19,20,21). The fraction of sp³-hybridized carbons (Fsp3) is 0.444. The van der Waals surface area contributed by atoms with Crippen LogP contribution in [0.5, 0.6) is 0 Å². The molecule has 0 aliphatic carbocycles. The first kappa shape index (κ1) is 15.9. The van der Waals surface area contributed by atoms with E-state index in [0.717, 1.165) is 38.3 Å². The van der Waals surface area contributed by atoms with Crippen LogP contribution in [0.3, 0.4) is 0 Å². The highest BCUT2D eigenvalue weighted by atomic mass is 16.5. The third-order valence-electron chi connectivity index (χ3n) is 4.18. The molecule has 0 saturated carbocycles. The van der Waals surface area contributed by atoms with E-state index in [1.807, 2.05) is 30.6 Å². The number of ether oxygens (including phenoxy) is 1. The summed E-state index contributed by atoms with van der Waals surface area (Å²) in [5.74, 6) is 1.34. The number of rotatable bonds is 7. The third kappa shape index (κ3) is 4.74. The zero-order valence-electron chi connectivity index (χ0n) is 13.6. The molecule has 1 aromatic heterocycles. The van der Waals surface area contributed by atoms with Gasteiger partial charge in [0.25, 0.3) is 0 Å². The minimum atomic E-state index is 0.660. The Morgan fingerprint density at radius 3 is 2.70 bits per heavy atom. The lowest BCUT2D eigenvalue weighted by Gasteiger charge is -2.15. The summed E-state index contributed by atoms with van der Waals surface area (Å²) in [4.78, 5) is 11.3. The van der Waals surface area contributed by atoms with Gasteiger partial charge in [-0.05, 0) is 24.4 Å². The van der Waals surface area contributed by atoms with Crippen LogP contribution in [-0.4, -0.2) is 41.7 Å². The zero-order valence-corrected chi connectivity index (χ0v) is 13.6. The molecule has 1 fully saturated rings. The Hall–Kier alpha value is -1.98. The van der Waals surface area contributed by atoms with E-state index in [1.165, 1.54) is 12.0 Å². The fourth-order valence-electron chi connectivity index (χ4n) is 2.99. The Morgan fingerprint density at radius 2 is 1.96 bits per heavy atom. The van der Waals surface area contributed by atoms with Crippen molar-refractivity contribution in [3.63, 3.8) is 0 Å². The largest absolute Gasteiger partial charge is 0.384 e. The second-order valence-electron chi connectivity index (χ2n) is 6.10. The maximum absolute atomic E-state index is 5.24. The minimum Gasteiger partial charge on any atom is -0.384 e. The number of benzene rings is 1. The summed E-state index contributed by atoms with van der Waals surface area (Å²) in [5.41, 5.74) is 2.38. The second kappa shape index (κ2) is 8.04. The van der Waals surface area contributed by atoms with E-state index in [2.05, 4.69) is 32.3 Å². The van der Waals surface area contributed by atoms with Crippen molar-refractivity contribution in [1.82, 2.24) is 14.9 Å². The molecular weight excluding hydrogens is 288 g/mol. The molecule has 2 heterocycles. The molecule has 1 unspecified atom stereocenters. The van der Waals surface area contributed by atoms with Crippen LogP contribution in [0.4, 0.5) is 5.95 Å². The van der Waals surface area contributed by atoms with Crippen LogP contribution >= 0.6 is 0 Å². The van der Waals surface area contributed by atoms with Gasteiger partial charge in [0.2, 0.25) is 5.95 Å². The topological polar surface area (TPSA) is 50.3 Å². The van der Waals surface area contributed by atoms with Crippen LogP contribution in [-0.2, 0) is 17.8 Å². The summed E-state index contributed by atoms with van der Waals surface area (Å²) >= 11 is 0. The number of nitrogens with one attached hydrogen (secondary N) is 1. The van der Waals surface area contributed by atoms with Crippen molar-refractivity contribution in [3.05, 3.63) is 53.9 Å². The quantitative estimate of drug-likeness (QED) is 0.851. The lowest BCUT2D eigenvalue weighted by Crippen LogP contribution is -2.21. The normalized spacial score (nSPS) is 18.2. The zero-order chi connectivity index (χ0) is 15.9. The molecule has 1 atom stereocenters. The summed E-state index contributed by atoms with van der Waals surface area (Å²) in [7, 11) is 1.78. The highest BCUT2D eigenvalue weighted by Gasteiger charge is 2.22. The first-order chi connectivity index (χ1) is 11.3. The van der Waals surface area contributed by atoms with Gasteiger partial charge in [-0.2, -0.15) is 0 Å². The van der Waals surface area contributed by atoms with Crippen molar-refractivity contribution in [3.8, 4) is 0 Å². The average Bonchev–Trinajstić information content (AvgIpc) is 3.03. The first-order valence-electron chi connectivity index (χ1n) is 8.13. The molecular formula is C18H24N4O. The van der Waals surface area contributed by atoms with Crippen LogP contribution in [0.2, 0.25) is 0 Å². The van der Waals surface area contributed by atoms with Crippen LogP contribution in [0.25, 0.3) is 0 Å². The number of hydrogen-bond acceptors (Lipinski definition) is 5. The van der Waals surface area contributed by atoms with E-state index in [1.54, 1.807) is 7.11 Å². The number of hydrogen-bond donors (Lipinski definition) is 1.